The van der Waals surface area contributed by atoms with Crippen LogP contribution in [-0.4, -0.2) is 48.7 Å². The van der Waals surface area contributed by atoms with E-state index in [0.717, 1.165) is 0 Å². The molecule has 1 atom stereocenters. The van der Waals surface area contributed by atoms with Crippen molar-refractivity contribution in [2.45, 2.75) is 13.3 Å². The zero-order valence-electron chi connectivity index (χ0n) is 13.0. The molecular weight excluding hydrogens is 300 g/mol. The molecule has 0 aliphatic carbocycles. The lowest BCUT2D eigenvalue weighted by Crippen LogP contribution is -2.37. The summed E-state index contributed by atoms with van der Waals surface area (Å²) in [5, 5.41) is 18.0. The number of likely N-dealkylation sites (tertiary alicyclic amines) is 1. The van der Waals surface area contributed by atoms with Gasteiger partial charge in [-0.3, -0.25) is 9.59 Å². The Labute approximate surface area is 134 Å². The highest BCUT2D eigenvalue weighted by Gasteiger charge is 2.42. The molecule has 0 spiro atoms. The number of hydrogen-bond donors (Lipinski definition) is 1. The lowest BCUT2D eigenvalue weighted by Gasteiger charge is -2.20. The molecular formula is C16H18N2O5. The molecule has 1 aromatic rings. The molecule has 1 saturated heterocycles. The van der Waals surface area contributed by atoms with Gasteiger partial charge in [-0.25, -0.2) is 0 Å². The Morgan fingerprint density at radius 1 is 1.43 bits per heavy atom. The lowest BCUT2D eigenvalue weighted by atomic mass is 9.90. The molecule has 1 amide bonds. The lowest BCUT2D eigenvalue weighted by molar-refractivity contribution is -0.147. The smallest absolute Gasteiger partial charge is 0.311 e. The summed E-state index contributed by atoms with van der Waals surface area (Å²) < 4.78 is 10.6. The molecule has 122 valence electrons. The number of methoxy groups -OCH3 is 1. The fourth-order valence-electron chi connectivity index (χ4n) is 2.44. The standard InChI is InChI=1S/C16H18N2O5/c1-16(15(20)21)5-6-18(10-16)14(19)9-23-12-4-3-11(8-17)7-13(12)22-2/h3-4,7H,5-6,9-10H2,1-2H3,(H,20,21)/t16-/m0/s1. The predicted molar refractivity (Wildman–Crippen MR) is 80.1 cm³/mol. The fraction of sp³-hybridized carbons (Fsp3) is 0.438. The number of carbonyl (C=O) groups excluding carboxylic acids is 1. The SMILES string of the molecule is COc1cc(C#N)ccc1OCC(=O)N1CC[C@](C)(C(=O)O)C1. The molecule has 1 fully saturated rings. The zero-order chi connectivity index (χ0) is 17.0. The van der Waals surface area contributed by atoms with Gasteiger partial charge in [0.1, 0.15) is 0 Å². The molecule has 1 N–H and O–H groups in total. The summed E-state index contributed by atoms with van der Waals surface area (Å²) in [5.41, 5.74) is -0.473. The van der Waals surface area contributed by atoms with Crippen LogP contribution in [0.25, 0.3) is 0 Å². The minimum Gasteiger partial charge on any atom is -0.493 e. The van der Waals surface area contributed by atoms with E-state index in [1.54, 1.807) is 19.1 Å². The molecule has 0 radical (unpaired) electrons. The van der Waals surface area contributed by atoms with Crippen molar-refractivity contribution in [2.75, 3.05) is 26.8 Å². The van der Waals surface area contributed by atoms with Gasteiger partial charge in [0.25, 0.3) is 5.91 Å². The maximum Gasteiger partial charge on any atom is 0.311 e. The average molecular weight is 318 g/mol. The van der Waals surface area contributed by atoms with Crippen LogP contribution in [0.1, 0.15) is 18.9 Å². The van der Waals surface area contributed by atoms with Crippen LogP contribution in [0.4, 0.5) is 0 Å². The van der Waals surface area contributed by atoms with Gasteiger partial charge in [0, 0.05) is 19.2 Å². The first-order chi connectivity index (χ1) is 10.9. The van der Waals surface area contributed by atoms with Crippen LogP contribution >= 0.6 is 0 Å². The second-order valence-corrected chi connectivity index (χ2v) is 5.70. The Kier molecular flexibility index (Phi) is 4.74. The highest BCUT2D eigenvalue weighted by Crippen LogP contribution is 2.31. The third kappa shape index (κ3) is 3.54. The van der Waals surface area contributed by atoms with Crippen molar-refractivity contribution in [3.63, 3.8) is 0 Å². The van der Waals surface area contributed by atoms with Crippen molar-refractivity contribution in [3.05, 3.63) is 23.8 Å². The number of carboxylic acids is 1. The van der Waals surface area contributed by atoms with Gasteiger partial charge in [-0.1, -0.05) is 0 Å². The minimum absolute atomic E-state index is 0.176. The summed E-state index contributed by atoms with van der Waals surface area (Å²) in [4.78, 5) is 24.9. The van der Waals surface area contributed by atoms with Gasteiger partial charge in [-0.2, -0.15) is 5.26 Å². The van der Waals surface area contributed by atoms with Crippen LogP contribution in [0, 0.1) is 16.7 Å². The molecule has 1 aliphatic heterocycles. The summed E-state index contributed by atoms with van der Waals surface area (Å²) in [6.45, 7) is 2.00. The van der Waals surface area contributed by atoms with Gasteiger partial charge in [-0.05, 0) is 25.5 Å². The van der Waals surface area contributed by atoms with E-state index in [2.05, 4.69) is 0 Å². The number of rotatable bonds is 5. The Bertz CT molecular complexity index is 667. The van der Waals surface area contributed by atoms with E-state index in [4.69, 9.17) is 14.7 Å². The molecule has 0 unspecified atom stereocenters. The Morgan fingerprint density at radius 2 is 2.17 bits per heavy atom. The molecule has 7 heteroatoms. The first kappa shape index (κ1) is 16.6. The molecule has 0 bridgehead atoms. The second kappa shape index (κ2) is 6.57. The quantitative estimate of drug-likeness (QED) is 0.877. The highest BCUT2D eigenvalue weighted by atomic mass is 16.5. The van der Waals surface area contributed by atoms with Crippen molar-refractivity contribution < 1.29 is 24.2 Å². The number of hydrogen-bond acceptors (Lipinski definition) is 5. The van der Waals surface area contributed by atoms with Gasteiger partial charge >= 0.3 is 5.97 Å². The molecule has 1 aliphatic rings. The third-order valence-electron chi connectivity index (χ3n) is 3.99. The van der Waals surface area contributed by atoms with Crippen LogP contribution < -0.4 is 9.47 Å². The van der Waals surface area contributed by atoms with Gasteiger partial charge in [0.05, 0.1) is 24.2 Å². The van der Waals surface area contributed by atoms with E-state index in [-0.39, 0.29) is 19.1 Å². The van der Waals surface area contributed by atoms with E-state index >= 15 is 0 Å². The Morgan fingerprint density at radius 3 is 2.74 bits per heavy atom. The van der Waals surface area contributed by atoms with Gasteiger partial charge in [0.15, 0.2) is 18.1 Å². The summed E-state index contributed by atoms with van der Waals surface area (Å²) in [5.74, 6) is -0.447. The van der Waals surface area contributed by atoms with Gasteiger partial charge in [-0.15, -0.1) is 0 Å². The molecule has 23 heavy (non-hydrogen) atoms. The first-order valence-electron chi connectivity index (χ1n) is 7.12. The molecule has 0 saturated carbocycles. The average Bonchev–Trinajstić information content (AvgIpc) is 2.96. The number of aliphatic carboxylic acids is 1. The summed E-state index contributed by atoms with van der Waals surface area (Å²) in [6, 6.07) is 6.65. The summed E-state index contributed by atoms with van der Waals surface area (Å²) >= 11 is 0. The molecule has 7 nitrogen and oxygen atoms in total. The number of carbonyl (C=O) groups is 2. The number of nitrogens with zero attached hydrogens (tertiary/aromatic N) is 2. The zero-order valence-corrected chi connectivity index (χ0v) is 13.0. The van der Waals surface area contributed by atoms with Crippen LogP contribution in [0.15, 0.2) is 18.2 Å². The van der Waals surface area contributed by atoms with Gasteiger partial charge < -0.3 is 19.5 Å². The first-order valence-corrected chi connectivity index (χ1v) is 7.12. The van der Waals surface area contributed by atoms with Crippen molar-refractivity contribution in [1.82, 2.24) is 4.90 Å². The number of carboxylic acid groups (broad SMARTS) is 1. The second-order valence-electron chi connectivity index (χ2n) is 5.70. The van der Waals surface area contributed by atoms with Crippen LogP contribution in [0.2, 0.25) is 0 Å². The van der Waals surface area contributed by atoms with Crippen LogP contribution in [-0.2, 0) is 9.59 Å². The maximum atomic E-state index is 12.2. The van der Waals surface area contributed by atoms with Crippen molar-refractivity contribution in [3.8, 4) is 17.6 Å². The van der Waals surface area contributed by atoms with E-state index < -0.39 is 11.4 Å². The number of benzene rings is 1. The van der Waals surface area contributed by atoms with Crippen molar-refractivity contribution in [1.29, 1.82) is 5.26 Å². The van der Waals surface area contributed by atoms with E-state index in [1.807, 2.05) is 6.07 Å². The van der Waals surface area contributed by atoms with Gasteiger partial charge in [0.2, 0.25) is 0 Å². The number of ether oxygens (including phenoxy) is 2. The monoisotopic (exact) mass is 318 g/mol. The Balaban J connectivity index is 1.98. The normalized spacial score (nSPS) is 20.0. The Hall–Kier alpha value is -2.75. The third-order valence-corrected chi connectivity index (χ3v) is 3.99. The summed E-state index contributed by atoms with van der Waals surface area (Å²) in [7, 11) is 1.45. The highest BCUT2D eigenvalue weighted by molar-refractivity contribution is 5.81. The number of amides is 1. The molecule has 1 heterocycles. The summed E-state index contributed by atoms with van der Waals surface area (Å²) in [6.07, 6.45) is 0.425. The van der Waals surface area contributed by atoms with Crippen LogP contribution in [0.5, 0.6) is 11.5 Å². The van der Waals surface area contributed by atoms with E-state index in [1.165, 1.54) is 18.1 Å². The predicted octanol–water partition coefficient (Wildman–Crippen LogP) is 1.27. The van der Waals surface area contributed by atoms with E-state index in [9.17, 15) is 14.7 Å². The molecule has 1 aromatic carbocycles. The maximum absolute atomic E-state index is 12.2. The fourth-order valence-corrected chi connectivity index (χ4v) is 2.44. The van der Waals surface area contributed by atoms with Crippen molar-refractivity contribution >= 4 is 11.9 Å². The minimum atomic E-state index is -0.901. The molecule has 0 aromatic heterocycles. The van der Waals surface area contributed by atoms with Crippen LogP contribution in [0.3, 0.4) is 0 Å². The topological polar surface area (TPSA) is 99.9 Å². The largest absolute Gasteiger partial charge is 0.493 e. The molecule has 2 rings (SSSR count). The van der Waals surface area contributed by atoms with Crippen molar-refractivity contribution in [2.24, 2.45) is 5.41 Å². The number of nitriles is 1. The van der Waals surface area contributed by atoms with E-state index in [0.29, 0.717) is 30.0 Å².